The summed E-state index contributed by atoms with van der Waals surface area (Å²) in [5.41, 5.74) is -2.16. The third-order valence-electron chi connectivity index (χ3n) is 4.77. The Bertz CT molecular complexity index is 791. The molecule has 1 aromatic rings. The monoisotopic (exact) mass is 381 g/mol. The van der Waals surface area contributed by atoms with Crippen molar-refractivity contribution in [3.05, 3.63) is 40.4 Å². The highest BCUT2D eigenvalue weighted by molar-refractivity contribution is 6.56. The van der Waals surface area contributed by atoms with Crippen LogP contribution in [0.1, 0.15) is 50.5 Å². The second-order valence-corrected chi connectivity index (χ2v) is 7.35. The molecule has 0 bridgehead atoms. The molecule has 1 aliphatic rings. The van der Waals surface area contributed by atoms with Crippen LogP contribution < -0.4 is 5.32 Å². The molecule has 146 valence electrons. The highest BCUT2D eigenvalue weighted by Crippen LogP contribution is 2.38. The number of carboxylic acids is 1. The summed E-state index contributed by atoms with van der Waals surface area (Å²) in [5.74, 6) is -4.40. The molecule has 1 heterocycles. The molecule has 0 unspecified atom stereocenters. The highest BCUT2D eigenvalue weighted by Gasteiger charge is 2.52. The first-order chi connectivity index (χ1) is 12.4. The summed E-state index contributed by atoms with van der Waals surface area (Å²) in [6, 6.07) is 1.99. The predicted molar refractivity (Wildman–Crippen MR) is 96.1 cm³/mol. The third kappa shape index (κ3) is 4.36. The van der Waals surface area contributed by atoms with Gasteiger partial charge in [0, 0.05) is 19.0 Å². The first kappa shape index (κ1) is 21.0. The maximum Gasteiger partial charge on any atom is 0.492 e. The summed E-state index contributed by atoms with van der Waals surface area (Å²) >= 11 is 0. The molecule has 0 radical (unpaired) electrons. The van der Waals surface area contributed by atoms with Crippen LogP contribution in [0.15, 0.2) is 17.6 Å². The third-order valence-corrected chi connectivity index (χ3v) is 4.77. The molecule has 1 saturated heterocycles. The van der Waals surface area contributed by atoms with Crippen molar-refractivity contribution in [1.29, 1.82) is 0 Å². The molecule has 1 aliphatic heterocycles. The smallest absolute Gasteiger partial charge is 0.477 e. The molecule has 0 spiro atoms. The number of nitrogens with one attached hydrogen (secondary N) is 1. The summed E-state index contributed by atoms with van der Waals surface area (Å²) in [4.78, 5) is 22.4. The number of hydrogen-bond acceptors (Lipinski definition) is 4. The van der Waals surface area contributed by atoms with Gasteiger partial charge in [0.25, 0.3) is 0 Å². The largest absolute Gasteiger partial charge is 0.492 e. The molecule has 9 heteroatoms. The molecule has 0 atom stereocenters. The molecule has 1 amide bonds. The molecule has 1 aromatic carbocycles. The molecular weight excluding hydrogens is 359 g/mol. The van der Waals surface area contributed by atoms with E-state index in [1.807, 2.05) is 27.7 Å². The SMILES string of the molecule is CC(=O)NCC(=Cc1ccc(F)c(C(=O)O)c1F)B1OC(C)(C)C(C)(C)O1. The average molecular weight is 381 g/mol. The van der Waals surface area contributed by atoms with Crippen LogP contribution in [-0.2, 0) is 14.1 Å². The van der Waals surface area contributed by atoms with E-state index >= 15 is 0 Å². The molecule has 27 heavy (non-hydrogen) atoms. The van der Waals surface area contributed by atoms with E-state index in [2.05, 4.69) is 5.32 Å². The molecule has 2 N–H and O–H groups in total. The van der Waals surface area contributed by atoms with Crippen LogP contribution in [0.2, 0.25) is 0 Å². The Morgan fingerprint density at radius 3 is 2.22 bits per heavy atom. The molecule has 1 fully saturated rings. The summed E-state index contributed by atoms with van der Waals surface area (Å²) in [6.07, 6.45) is 1.30. The van der Waals surface area contributed by atoms with Crippen molar-refractivity contribution in [3.63, 3.8) is 0 Å². The van der Waals surface area contributed by atoms with E-state index in [1.165, 1.54) is 13.0 Å². The fourth-order valence-corrected chi connectivity index (χ4v) is 2.50. The number of halogens is 2. The van der Waals surface area contributed by atoms with Crippen LogP contribution in [0.4, 0.5) is 8.78 Å². The molecular formula is C18H22BF2NO5. The van der Waals surface area contributed by atoms with Gasteiger partial charge < -0.3 is 19.7 Å². The predicted octanol–water partition coefficient (Wildman–Crippen LogP) is 2.81. The zero-order valence-electron chi connectivity index (χ0n) is 15.9. The normalized spacial score (nSPS) is 18.5. The van der Waals surface area contributed by atoms with Crippen LogP contribution in [0.25, 0.3) is 6.08 Å². The minimum Gasteiger partial charge on any atom is -0.477 e. The van der Waals surface area contributed by atoms with Gasteiger partial charge in [-0.05, 0) is 45.3 Å². The Labute approximate surface area is 156 Å². The van der Waals surface area contributed by atoms with Crippen LogP contribution in [0, 0.1) is 11.6 Å². The van der Waals surface area contributed by atoms with Crippen molar-refractivity contribution in [2.24, 2.45) is 0 Å². The second-order valence-electron chi connectivity index (χ2n) is 7.35. The van der Waals surface area contributed by atoms with Gasteiger partial charge in [-0.25, -0.2) is 13.6 Å². The Hall–Kier alpha value is -2.26. The quantitative estimate of drug-likeness (QED) is 0.767. The van der Waals surface area contributed by atoms with E-state index in [1.54, 1.807) is 0 Å². The number of carboxylic acid groups (broad SMARTS) is 1. The Morgan fingerprint density at radius 1 is 1.19 bits per heavy atom. The number of rotatable bonds is 5. The van der Waals surface area contributed by atoms with Gasteiger partial charge in [-0.15, -0.1) is 0 Å². The number of aromatic carboxylic acids is 1. The van der Waals surface area contributed by atoms with Crippen LogP contribution in [0.3, 0.4) is 0 Å². The fourth-order valence-electron chi connectivity index (χ4n) is 2.50. The number of benzene rings is 1. The van der Waals surface area contributed by atoms with Gasteiger partial charge in [-0.2, -0.15) is 0 Å². The summed E-state index contributed by atoms with van der Waals surface area (Å²) in [6.45, 7) is 8.66. The zero-order chi connectivity index (χ0) is 20.6. The van der Waals surface area contributed by atoms with E-state index in [4.69, 9.17) is 14.4 Å². The summed E-state index contributed by atoms with van der Waals surface area (Å²) in [7, 11) is -0.889. The number of carbonyl (C=O) groups excluding carboxylic acids is 1. The standard InChI is InChI=1S/C18H22BF2NO5/c1-10(23)22-9-12(19-26-17(2,3)18(4,5)27-19)8-11-6-7-13(20)14(15(11)21)16(24)25/h6-8H,9H2,1-5H3,(H,22,23)(H,24,25). The van der Waals surface area contributed by atoms with E-state index in [0.717, 1.165) is 12.1 Å². The topological polar surface area (TPSA) is 84.9 Å². The van der Waals surface area contributed by atoms with Crippen molar-refractivity contribution < 1.29 is 32.8 Å². The molecule has 0 saturated carbocycles. The van der Waals surface area contributed by atoms with E-state index in [9.17, 15) is 18.4 Å². The summed E-state index contributed by atoms with van der Waals surface area (Å²) < 4.78 is 40.0. The van der Waals surface area contributed by atoms with Crippen LogP contribution in [0.5, 0.6) is 0 Å². The molecule has 6 nitrogen and oxygen atoms in total. The fraction of sp³-hybridized carbons (Fsp3) is 0.444. The lowest BCUT2D eigenvalue weighted by molar-refractivity contribution is -0.118. The average Bonchev–Trinajstić information content (AvgIpc) is 2.73. The van der Waals surface area contributed by atoms with Crippen molar-refractivity contribution in [1.82, 2.24) is 5.32 Å². The van der Waals surface area contributed by atoms with E-state index < -0.39 is 41.5 Å². The van der Waals surface area contributed by atoms with Gasteiger partial charge in [0.2, 0.25) is 5.91 Å². The lowest BCUT2D eigenvalue weighted by atomic mass is 9.76. The first-order valence-corrected chi connectivity index (χ1v) is 8.37. The van der Waals surface area contributed by atoms with Gasteiger partial charge in [0.15, 0.2) is 0 Å². The van der Waals surface area contributed by atoms with Gasteiger partial charge in [0.1, 0.15) is 17.2 Å². The Balaban J connectivity index is 2.48. The maximum atomic E-state index is 14.5. The van der Waals surface area contributed by atoms with Gasteiger partial charge in [0.05, 0.1) is 11.2 Å². The number of hydrogen-bond donors (Lipinski definition) is 2. The molecule has 2 rings (SSSR count). The summed E-state index contributed by atoms with van der Waals surface area (Å²) in [5, 5.41) is 11.6. The first-order valence-electron chi connectivity index (χ1n) is 8.37. The maximum absolute atomic E-state index is 14.5. The van der Waals surface area contributed by atoms with Crippen molar-refractivity contribution in [2.45, 2.75) is 45.8 Å². The van der Waals surface area contributed by atoms with E-state index in [-0.39, 0.29) is 18.0 Å². The minimum atomic E-state index is -1.71. The van der Waals surface area contributed by atoms with Gasteiger partial charge in [-0.3, -0.25) is 4.79 Å². The Morgan fingerprint density at radius 2 is 1.74 bits per heavy atom. The molecule has 0 aliphatic carbocycles. The van der Waals surface area contributed by atoms with Crippen molar-refractivity contribution >= 4 is 25.1 Å². The lowest BCUT2D eigenvalue weighted by Gasteiger charge is -2.32. The van der Waals surface area contributed by atoms with Crippen LogP contribution >= 0.6 is 0 Å². The number of amides is 1. The highest BCUT2D eigenvalue weighted by atomic mass is 19.1. The van der Waals surface area contributed by atoms with E-state index in [0.29, 0.717) is 5.47 Å². The lowest BCUT2D eigenvalue weighted by Crippen LogP contribution is -2.41. The molecule has 0 aromatic heterocycles. The van der Waals surface area contributed by atoms with Crippen molar-refractivity contribution in [3.8, 4) is 0 Å². The van der Waals surface area contributed by atoms with Crippen molar-refractivity contribution in [2.75, 3.05) is 6.54 Å². The number of carbonyl (C=O) groups is 2. The van der Waals surface area contributed by atoms with Gasteiger partial charge in [-0.1, -0.05) is 6.08 Å². The minimum absolute atomic E-state index is 0.00855. The van der Waals surface area contributed by atoms with Crippen LogP contribution in [-0.4, -0.2) is 41.8 Å². The zero-order valence-corrected chi connectivity index (χ0v) is 15.9. The Kier molecular flexibility index (Phi) is 5.77. The second kappa shape index (κ2) is 7.40. The van der Waals surface area contributed by atoms with Gasteiger partial charge >= 0.3 is 13.1 Å².